The molecule has 1 aromatic rings. The zero-order valence-corrected chi connectivity index (χ0v) is 12.2. The van der Waals surface area contributed by atoms with Crippen molar-refractivity contribution in [2.45, 2.75) is 39.2 Å². The minimum atomic E-state index is -0.488. The summed E-state index contributed by atoms with van der Waals surface area (Å²) in [4.78, 5) is 10.6. The van der Waals surface area contributed by atoms with Gasteiger partial charge in [-0.15, -0.1) is 0 Å². The molecule has 110 valence electrons. The van der Waals surface area contributed by atoms with Crippen molar-refractivity contribution in [3.63, 3.8) is 0 Å². The summed E-state index contributed by atoms with van der Waals surface area (Å²) in [6.07, 6.45) is 5.46. The van der Waals surface area contributed by atoms with Crippen molar-refractivity contribution in [2.75, 3.05) is 11.9 Å². The smallest absolute Gasteiger partial charge is 0.312 e. The molecule has 2 atom stereocenters. The first-order valence-corrected chi connectivity index (χ1v) is 7.51. The van der Waals surface area contributed by atoms with Crippen LogP contribution in [-0.4, -0.2) is 12.6 Å². The Kier molecular flexibility index (Phi) is 5.27. The van der Waals surface area contributed by atoms with Gasteiger partial charge in [0.15, 0.2) is 0 Å². The molecule has 0 bridgehead atoms. The molecule has 1 fully saturated rings. The molecule has 1 aliphatic rings. The van der Waals surface area contributed by atoms with Crippen molar-refractivity contribution in [3.05, 3.63) is 29.8 Å². The Bertz CT molecular complexity index is 430. The van der Waals surface area contributed by atoms with Crippen molar-refractivity contribution < 1.29 is 4.79 Å². The first-order valence-electron chi connectivity index (χ1n) is 7.51. The maximum Gasteiger partial charge on any atom is 0.312 e. The van der Waals surface area contributed by atoms with Gasteiger partial charge < -0.3 is 16.4 Å². The predicted molar refractivity (Wildman–Crippen MR) is 82.5 cm³/mol. The summed E-state index contributed by atoms with van der Waals surface area (Å²) < 4.78 is 0. The van der Waals surface area contributed by atoms with Gasteiger partial charge in [-0.2, -0.15) is 0 Å². The van der Waals surface area contributed by atoms with Gasteiger partial charge in [-0.05, 0) is 36.0 Å². The molecular weight excluding hydrogens is 250 g/mol. The zero-order valence-electron chi connectivity index (χ0n) is 12.2. The maximum atomic E-state index is 10.6. The lowest BCUT2D eigenvalue weighted by molar-refractivity contribution is 0.248. The number of amides is 2. The van der Waals surface area contributed by atoms with Crippen LogP contribution >= 0.6 is 0 Å². The van der Waals surface area contributed by atoms with Crippen molar-refractivity contribution in [2.24, 2.45) is 17.6 Å². The molecule has 0 heterocycles. The average molecular weight is 275 g/mol. The summed E-state index contributed by atoms with van der Waals surface area (Å²) in [5.41, 5.74) is 7.25. The van der Waals surface area contributed by atoms with Crippen LogP contribution in [0.1, 0.15) is 38.2 Å². The Hall–Kier alpha value is -1.71. The molecular formula is C16H25N3O. The van der Waals surface area contributed by atoms with E-state index in [1.807, 2.05) is 12.1 Å². The van der Waals surface area contributed by atoms with E-state index in [1.54, 1.807) is 0 Å². The third kappa shape index (κ3) is 4.44. The minimum absolute atomic E-state index is 0.481. The fourth-order valence-corrected chi connectivity index (χ4v) is 2.87. The highest BCUT2D eigenvalue weighted by Gasteiger charge is 2.20. The molecule has 4 N–H and O–H groups in total. The molecule has 20 heavy (non-hydrogen) atoms. The fraction of sp³-hybridized carbons (Fsp3) is 0.562. The SMILES string of the molecule is CC1CCCCC1CNc1ccc(CNC(N)=O)cc1. The van der Waals surface area contributed by atoms with E-state index in [4.69, 9.17) is 5.73 Å². The van der Waals surface area contributed by atoms with Crippen molar-refractivity contribution in [1.82, 2.24) is 5.32 Å². The van der Waals surface area contributed by atoms with Gasteiger partial charge in [0.2, 0.25) is 0 Å². The summed E-state index contributed by atoms with van der Waals surface area (Å²) in [5, 5.41) is 6.11. The Labute approximate surface area is 121 Å². The van der Waals surface area contributed by atoms with E-state index in [9.17, 15) is 4.79 Å². The fourth-order valence-electron chi connectivity index (χ4n) is 2.87. The summed E-state index contributed by atoms with van der Waals surface area (Å²) in [7, 11) is 0. The van der Waals surface area contributed by atoms with E-state index < -0.39 is 6.03 Å². The normalized spacial score (nSPS) is 22.2. The molecule has 0 radical (unpaired) electrons. The molecule has 2 unspecified atom stereocenters. The van der Waals surface area contributed by atoms with Crippen LogP contribution < -0.4 is 16.4 Å². The van der Waals surface area contributed by atoms with Crippen molar-refractivity contribution >= 4 is 11.7 Å². The van der Waals surface area contributed by atoms with Crippen molar-refractivity contribution in [1.29, 1.82) is 0 Å². The zero-order chi connectivity index (χ0) is 14.4. The quantitative estimate of drug-likeness (QED) is 0.773. The van der Waals surface area contributed by atoms with Gasteiger partial charge in [0.1, 0.15) is 0 Å². The van der Waals surface area contributed by atoms with Crippen LogP contribution in [0, 0.1) is 11.8 Å². The number of anilines is 1. The molecule has 0 aliphatic heterocycles. The largest absolute Gasteiger partial charge is 0.385 e. The summed E-state index contributed by atoms with van der Waals surface area (Å²) >= 11 is 0. The number of carbonyl (C=O) groups excluding carboxylic acids is 1. The van der Waals surface area contributed by atoms with Gasteiger partial charge in [-0.1, -0.05) is 38.3 Å². The van der Waals surface area contributed by atoms with Gasteiger partial charge in [0.05, 0.1) is 0 Å². The Balaban J connectivity index is 1.79. The third-order valence-electron chi connectivity index (χ3n) is 4.28. The molecule has 4 nitrogen and oxygen atoms in total. The number of hydrogen-bond donors (Lipinski definition) is 3. The highest BCUT2D eigenvalue weighted by Crippen LogP contribution is 2.29. The highest BCUT2D eigenvalue weighted by molar-refractivity contribution is 5.71. The van der Waals surface area contributed by atoms with E-state index in [2.05, 4.69) is 29.7 Å². The second-order valence-electron chi connectivity index (χ2n) is 5.82. The minimum Gasteiger partial charge on any atom is -0.385 e. The van der Waals surface area contributed by atoms with Crippen LogP contribution in [0.5, 0.6) is 0 Å². The summed E-state index contributed by atoms with van der Waals surface area (Å²) in [5.74, 6) is 1.62. The molecule has 2 rings (SSSR count). The molecule has 1 aliphatic carbocycles. The number of rotatable bonds is 5. The second-order valence-corrected chi connectivity index (χ2v) is 5.82. The van der Waals surface area contributed by atoms with Gasteiger partial charge in [0.25, 0.3) is 0 Å². The lowest BCUT2D eigenvalue weighted by Gasteiger charge is -2.29. The predicted octanol–water partition coefficient (Wildman–Crippen LogP) is 3.09. The van der Waals surface area contributed by atoms with Gasteiger partial charge in [-0.25, -0.2) is 4.79 Å². The van der Waals surface area contributed by atoms with E-state index >= 15 is 0 Å². The molecule has 0 saturated heterocycles. The van der Waals surface area contributed by atoms with E-state index in [0.717, 1.165) is 29.6 Å². The molecule has 0 aromatic heterocycles. The van der Waals surface area contributed by atoms with Gasteiger partial charge in [-0.3, -0.25) is 0 Å². The second kappa shape index (κ2) is 7.17. The number of carbonyl (C=O) groups is 1. The summed E-state index contributed by atoms with van der Waals surface area (Å²) in [6, 6.07) is 7.67. The molecule has 1 saturated carbocycles. The van der Waals surface area contributed by atoms with Crippen LogP contribution in [0.3, 0.4) is 0 Å². The highest BCUT2D eigenvalue weighted by atomic mass is 16.2. The Morgan fingerprint density at radius 2 is 1.95 bits per heavy atom. The lowest BCUT2D eigenvalue weighted by atomic mass is 9.80. The van der Waals surface area contributed by atoms with Crippen molar-refractivity contribution in [3.8, 4) is 0 Å². The van der Waals surface area contributed by atoms with Crippen LogP contribution in [0.15, 0.2) is 24.3 Å². The maximum absolute atomic E-state index is 10.6. The lowest BCUT2D eigenvalue weighted by Crippen LogP contribution is -2.28. The van der Waals surface area contributed by atoms with Crippen LogP contribution in [0.4, 0.5) is 10.5 Å². The Morgan fingerprint density at radius 3 is 2.60 bits per heavy atom. The topological polar surface area (TPSA) is 67.2 Å². The standard InChI is InChI=1S/C16H25N3O/c1-12-4-2-3-5-14(12)11-18-15-8-6-13(7-9-15)10-19-16(17)20/h6-9,12,14,18H,2-5,10-11H2,1H3,(H3,17,19,20). The number of nitrogens with one attached hydrogen (secondary N) is 2. The van der Waals surface area contributed by atoms with Gasteiger partial charge in [0, 0.05) is 18.8 Å². The number of benzene rings is 1. The number of hydrogen-bond acceptors (Lipinski definition) is 2. The Morgan fingerprint density at radius 1 is 1.25 bits per heavy atom. The number of primary amides is 1. The monoisotopic (exact) mass is 275 g/mol. The van der Waals surface area contributed by atoms with Crippen LogP contribution in [-0.2, 0) is 6.54 Å². The first kappa shape index (κ1) is 14.7. The number of urea groups is 1. The molecule has 0 spiro atoms. The van der Waals surface area contributed by atoms with Crippen LogP contribution in [0.2, 0.25) is 0 Å². The van der Waals surface area contributed by atoms with Crippen LogP contribution in [0.25, 0.3) is 0 Å². The molecule has 4 heteroatoms. The van der Waals surface area contributed by atoms with E-state index in [0.29, 0.717) is 6.54 Å². The molecule has 1 aromatic carbocycles. The summed E-state index contributed by atoms with van der Waals surface area (Å²) in [6.45, 7) is 3.90. The average Bonchev–Trinajstić information content (AvgIpc) is 2.45. The van der Waals surface area contributed by atoms with E-state index in [-0.39, 0.29) is 0 Å². The first-order chi connectivity index (χ1) is 9.65. The van der Waals surface area contributed by atoms with E-state index in [1.165, 1.54) is 25.7 Å². The third-order valence-corrected chi connectivity index (χ3v) is 4.28. The van der Waals surface area contributed by atoms with Gasteiger partial charge >= 0.3 is 6.03 Å². The molecule has 2 amide bonds. The number of nitrogens with two attached hydrogens (primary N) is 1.